The van der Waals surface area contributed by atoms with Crippen LogP contribution in [0, 0.1) is 0 Å². The molecule has 1 aliphatic rings. The fourth-order valence-corrected chi connectivity index (χ4v) is 4.31. The second-order valence-electron chi connectivity index (χ2n) is 7.58. The maximum absolute atomic E-state index is 12.9. The Balaban J connectivity index is 1.46. The number of rotatable bonds is 6. The van der Waals surface area contributed by atoms with Crippen LogP contribution in [0.25, 0.3) is 11.0 Å². The van der Waals surface area contributed by atoms with Gasteiger partial charge >= 0.3 is 5.69 Å². The van der Waals surface area contributed by atoms with E-state index in [1.165, 1.54) is 0 Å². The van der Waals surface area contributed by atoms with Crippen LogP contribution >= 0.6 is 15.9 Å². The first kappa shape index (κ1) is 20.9. The van der Waals surface area contributed by atoms with Gasteiger partial charge in [-0.1, -0.05) is 47.1 Å². The molecule has 0 bridgehead atoms. The van der Waals surface area contributed by atoms with E-state index in [2.05, 4.69) is 22.9 Å². The van der Waals surface area contributed by atoms with Crippen molar-refractivity contribution < 1.29 is 9.53 Å². The number of benzene rings is 2. The van der Waals surface area contributed by atoms with Gasteiger partial charge in [0.15, 0.2) is 0 Å². The number of carbonyl (C=O) groups excluding carboxylic acids is 1. The Kier molecular flexibility index (Phi) is 6.39. The van der Waals surface area contributed by atoms with E-state index in [0.29, 0.717) is 39.2 Å². The predicted molar refractivity (Wildman–Crippen MR) is 121 cm³/mol. The highest BCUT2D eigenvalue weighted by Gasteiger charge is 2.25. The van der Waals surface area contributed by atoms with Gasteiger partial charge in [-0.3, -0.25) is 13.9 Å². The number of nitrogens with zero attached hydrogens (tertiary/aromatic N) is 3. The maximum Gasteiger partial charge on any atom is 0.329 e. The van der Waals surface area contributed by atoms with E-state index in [1.807, 2.05) is 53.4 Å². The Morgan fingerprint density at radius 2 is 1.73 bits per heavy atom. The van der Waals surface area contributed by atoms with Crippen molar-refractivity contribution in [2.45, 2.75) is 39.0 Å². The van der Waals surface area contributed by atoms with Crippen molar-refractivity contribution in [2.24, 2.45) is 0 Å². The van der Waals surface area contributed by atoms with Crippen LogP contribution in [0.15, 0.2) is 57.8 Å². The number of fused-ring (bicyclic) bond motifs is 1. The van der Waals surface area contributed by atoms with Crippen LogP contribution in [0.4, 0.5) is 0 Å². The van der Waals surface area contributed by atoms with Gasteiger partial charge in [-0.05, 0) is 36.2 Å². The van der Waals surface area contributed by atoms with Gasteiger partial charge in [0.05, 0.1) is 24.2 Å². The van der Waals surface area contributed by atoms with Gasteiger partial charge in [0.25, 0.3) is 0 Å². The average molecular weight is 472 g/mol. The Bertz CT molecular complexity index is 1090. The number of aromatic nitrogens is 2. The Morgan fingerprint density at radius 3 is 2.40 bits per heavy atom. The van der Waals surface area contributed by atoms with E-state index < -0.39 is 0 Å². The summed E-state index contributed by atoms with van der Waals surface area (Å²) in [5.74, 6) is 0.0552. The van der Waals surface area contributed by atoms with Gasteiger partial charge in [-0.2, -0.15) is 0 Å². The summed E-state index contributed by atoms with van der Waals surface area (Å²) in [7, 11) is 0. The first-order valence-corrected chi connectivity index (χ1v) is 11.2. The predicted octanol–water partition coefficient (Wildman–Crippen LogP) is 3.97. The molecular formula is C23H26BrN3O3. The SMILES string of the molecule is CCCn1c(=O)n(CCC(=O)N2CCOC(c3ccc(Br)cc3)C2)c2ccccc21. The van der Waals surface area contributed by atoms with Gasteiger partial charge in [-0.25, -0.2) is 4.79 Å². The van der Waals surface area contributed by atoms with Crippen LogP contribution in [0.3, 0.4) is 0 Å². The highest BCUT2D eigenvalue weighted by Crippen LogP contribution is 2.24. The molecule has 0 radical (unpaired) electrons. The molecule has 158 valence electrons. The van der Waals surface area contributed by atoms with Crippen molar-refractivity contribution in [1.82, 2.24) is 14.0 Å². The van der Waals surface area contributed by atoms with Crippen LogP contribution < -0.4 is 5.69 Å². The van der Waals surface area contributed by atoms with Gasteiger partial charge < -0.3 is 9.64 Å². The van der Waals surface area contributed by atoms with Gasteiger partial charge in [0.2, 0.25) is 5.91 Å². The second kappa shape index (κ2) is 9.18. The summed E-state index contributed by atoms with van der Waals surface area (Å²) in [5, 5.41) is 0. The fraction of sp³-hybridized carbons (Fsp3) is 0.391. The number of aryl methyl sites for hydroxylation is 2. The molecular weight excluding hydrogens is 446 g/mol. The molecule has 1 fully saturated rings. The van der Waals surface area contributed by atoms with Crippen molar-refractivity contribution in [3.05, 3.63) is 69.1 Å². The molecule has 1 aliphatic heterocycles. The van der Waals surface area contributed by atoms with E-state index in [0.717, 1.165) is 27.5 Å². The van der Waals surface area contributed by atoms with E-state index in [4.69, 9.17) is 4.74 Å². The molecule has 7 heteroatoms. The summed E-state index contributed by atoms with van der Waals surface area (Å²) in [6.07, 6.45) is 1.07. The zero-order valence-corrected chi connectivity index (χ0v) is 18.7. The number of ether oxygens (including phenoxy) is 1. The summed E-state index contributed by atoms with van der Waals surface area (Å²) < 4.78 is 10.4. The number of halogens is 1. The molecule has 0 aliphatic carbocycles. The van der Waals surface area contributed by atoms with Gasteiger partial charge in [0, 0.05) is 30.5 Å². The number of morpholine rings is 1. The Hall–Kier alpha value is -2.38. The van der Waals surface area contributed by atoms with Crippen LogP contribution in [0.1, 0.15) is 31.4 Å². The number of hydrogen-bond donors (Lipinski definition) is 0. The molecule has 1 amide bonds. The van der Waals surface area contributed by atoms with E-state index in [1.54, 1.807) is 9.13 Å². The lowest BCUT2D eigenvalue weighted by molar-refractivity contribution is -0.139. The number of amides is 1. The third-order valence-corrected chi connectivity index (χ3v) is 6.11. The zero-order valence-electron chi connectivity index (χ0n) is 17.1. The van der Waals surface area contributed by atoms with Crippen LogP contribution in [-0.2, 0) is 22.6 Å². The smallest absolute Gasteiger partial charge is 0.329 e. The van der Waals surface area contributed by atoms with Crippen LogP contribution in [0.5, 0.6) is 0 Å². The molecule has 1 unspecified atom stereocenters. The van der Waals surface area contributed by atoms with Gasteiger partial charge in [0.1, 0.15) is 6.10 Å². The monoisotopic (exact) mass is 471 g/mol. The molecule has 1 saturated heterocycles. The van der Waals surface area contributed by atoms with Crippen molar-refractivity contribution in [1.29, 1.82) is 0 Å². The summed E-state index contributed by atoms with van der Waals surface area (Å²) in [6.45, 7) is 4.75. The minimum Gasteiger partial charge on any atom is -0.370 e. The minimum absolute atomic E-state index is 0.0411. The average Bonchev–Trinajstić information content (AvgIpc) is 3.04. The summed E-state index contributed by atoms with van der Waals surface area (Å²) in [5.41, 5.74) is 2.84. The quantitative estimate of drug-likeness (QED) is 0.546. The zero-order chi connectivity index (χ0) is 21.1. The van der Waals surface area contributed by atoms with Gasteiger partial charge in [-0.15, -0.1) is 0 Å². The molecule has 6 nitrogen and oxygen atoms in total. The number of carbonyl (C=O) groups is 1. The van der Waals surface area contributed by atoms with Crippen molar-refractivity contribution in [3.8, 4) is 0 Å². The van der Waals surface area contributed by atoms with E-state index in [9.17, 15) is 9.59 Å². The first-order valence-electron chi connectivity index (χ1n) is 10.4. The second-order valence-corrected chi connectivity index (χ2v) is 8.49. The molecule has 3 aromatic rings. The topological polar surface area (TPSA) is 56.5 Å². The summed E-state index contributed by atoms with van der Waals surface area (Å²) >= 11 is 3.45. The first-order chi connectivity index (χ1) is 14.6. The molecule has 1 aromatic heterocycles. The van der Waals surface area contributed by atoms with Crippen LogP contribution in [-0.4, -0.2) is 39.6 Å². The highest BCUT2D eigenvalue weighted by molar-refractivity contribution is 9.10. The lowest BCUT2D eigenvalue weighted by Gasteiger charge is -2.33. The van der Waals surface area contributed by atoms with Crippen molar-refractivity contribution >= 4 is 32.9 Å². The Morgan fingerprint density at radius 1 is 1.07 bits per heavy atom. The lowest BCUT2D eigenvalue weighted by atomic mass is 10.1. The highest BCUT2D eigenvalue weighted by atomic mass is 79.9. The van der Waals surface area contributed by atoms with Crippen molar-refractivity contribution in [2.75, 3.05) is 19.7 Å². The third-order valence-electron chi connectivity index (χ3n) is 5.58. The molecule has 0 N–H and O–H groups in total. The molecule has 4 rings (SSSR count). The molecule has 0 spiro atoms. The largest absolute Gasteiger partial charge is 0.370 e. The molecule has 2 aromatic carbocycles. The minimum atomic E-state index is -0.120. The number of para-hydroxylation sites is 2. The fourth-order valence-electron chi connectivity index (χ4n) is 4.05. The lowest BCUT2D eigenvalue weighted by Crippen LogP contribution is -2.42. The van der Waals surface area contributed by atoms with Crippen LogP contribution in [0.2, 0.25) is 0 Å². The summed E-state index contributed by atoms with van der Waals surface area (Å²) in [4.78, 5) is 27.7. The van der Waals surface area contributed by atoms with E-state index in [-0.39, 0.29) is 17.7 Å². The number of imidazole rings is 1. The summed E-state index contributed by atoms with van der Waals surface area (Å²) in [6, 6.07) is 15.8. The molecule has 2 heterocycles. The molecule has 0 saturated carbocycles. The Labute approximate surface area is 184 Å². The third kappa shape index (κ3) is 4.23. The molecule has 30 heavy (non-hydrogen) atoms. The standard InChI is InChI=1S/C23H26BrN3O3/c1-2-12-26-19-5-3-4-6-20(19)27(23(26)29)13-11-22(28)25-14-15-30-21(16-25)17-7-9-18(24)10-8-17/h3-10,21H,2,11-16H2,1H3. The maximum atomic E-state index is 12.9. The number of hydrogen-bond acceptors (Lipinski definition) is 3. The molecule has 1 atom stereocenters. The van der Waals surface area contributed by atoms with Crippen molar-refractivity contribution in [3.63, 3.8) is 0 Å². The normalized spacial score (nSPS) is 16.9. The van der Waals surface area contributed by atoms with E-state index >= 15 is 0 Å².